The van der Waals surface area contributed by atoms with Gasteiger partial charge in [-0.3, -0.25) is 9.98 Å². The zero-order chi connectivity index (χ0) is 12.6. The molecule has 1 aliphatic heterocycles. The summed E-state index contributed by atoms with van der Waals surface area (Å²) in [5.41, 5.74) is -0.142. The standard InChI is InChI=1S/C15H20N2O/c1-11(2)18-12-6-7-13-14(10-12)17-15(16-13)8-4-3-5-9-15/h6-7,10-11H,3-5,8-9H2,1-2H3. The Hall–Kier alpha value is -1.38. The largest absolute Gasteiger partial charge is 0.491 e. The van der Waals surface area contributed by atoms with Gasteiger partial charge in [0.15, 0.2) is 5.66 Å². The van der Waals surface area contributed by atoms with Gasteiger partial charge >= 0.3 is 0 Å². The van der Waals surface area contributed by atoms with E-state index < -0.39 is 0 Å². The molecular weight excluding hydrogens is 224 g/mol. The van der Waals surface area contributed by atoms with Gasteiger partial charge in [0, 0.05) is 6.07 Å². The maximum absolute atomic E-state index is 5.71. The molecule has 3 rings (SSSR count). The van der Waals surface area contributed by atoms with E-state index in [9.17, 15) is 0 Å². The minimum Gasteiger partial charge on any atom is -0.491 e. The smallest absolute Gasteiger partial charge is 0.151 e. The number of fused-ring (bicyclic) bond motifs is 1. The van der Waals surface area contributed by atoms with Gasteiger partial charge in [0.05, 0.1) is 16.8 Å². The molecule has 0 atom stereocenters. The zero-order valence-corrected chi connectivity index (χ0v) is 11.1. The molecular formula is C15H20N2O. The van der Waals surface area contributed by atoms with Crippen molar-refractivity contribution in [3.8, 4) is 5.75 Å². The molecule has 1 aromatic rings. The van der Waals surface area contributed by atoms with E-state index in [4.69, 9.17) is 14.7 Å². The van der Waals surface area contributed by atoms with Gasteiger partial charge in [-0.05, 0) is 51.7 Å². The monoisotopic (exact) mass is 244 g/mol. The average molecular weight is 244 g/mol. The number of rotatable bonds is 2. The molecule has 0 saturated heterocycles. The highest BCUT2D eigenvalue weighted by Crippen LogP contribution is 2.33. The van der Waals surface area contributed by atoms with Crippen LogP contribution in [0.15, 0.2) is 28.2 Å². The molecule has 1 aliphatic carbocycles. The third-order valence-corrected chi connectivity index (χ3v) is 3.63. The van der Waals surface area contributed by atoms with Crippen molar-refractivity contribution in [1.29, 1.82) is 0 Å². The lowest BCUT2D eigenvalue weighted by Crippen LogP contribution is -2.25. The summed E-state index contributed by atoms with van der Waals surface area (Å²) in [5, 5.41) is 2.04. The van der Waals surface area contributed by atoms with E-state index in [0.29, 0.717) is 0 Å². The SMILES string of the molecule is CC(C)Oc1ccc2c(c1)=NC1(CCCCC1)N=2. The van der Waals surface area contributed by atoms with Gasteiger partial charge in [0.25, 0.3) is 0 Å². The molecule has 0 amide bonds. The van der Waals surface area contributed by atoms with Crippen LogP contribution in [0.2, 0.25) is 0 Å². The first-order valence-corrected chi connectivity index (χ1v) is 6.93. The number of hydrogen-bond donors (Lipinski definition) is 0. The second-order valence-electron chi connectivity index (χ2n) is 5.58. The van der Waals surface area contributed by atoms with Crippen molar-refractivity contribution < 1.29 is 4.74 Å². The molecule has 3 nitrogen and oxygen atoms in total. The van der Waals surface area contributed by atoms with Crippen LogP contribution in [0.5, 0.6) is 5.75 Å². The zero-order valence-electron chi connectivity index (χ0n) is 11.1. The second-order valence-corrected chi connectivity index (χ2v) is 5.58. The highest BCUT2D eigenvalue weighted by molar-refractivity contribution is 5.23. The van der Waals surface area contributed by atoms with Gasteiger partial charge in [-0.15, -0.1) is 0 Å². The van der Waals surface area contributed by atoms with E-state index >= 15 is 0 Å². The summed E-state index contributed by atoms with van der Waals surface area (Å²) < 4.78 is 5.71. The molecule has 18 heavy (non-hydrogen) atoms. The van der Waals surface area contributed by atoms with Gasteiger partial charge in [-0.25, -0.2) is 0 Å². The molecule has 1 aromatic carbocycles. The van der Waals surface area contributed by atoms with Crippen molar-refractivity contribution in [2.24, 2.45) is 9.98 Å². The van der Waals surface area contributed by atoms with E-state index in [1.165, 1.54) is 19.3 Å². The molecule has 1 fully saturated rings. The predicted molar refractivity (Wildman–Crippen MR) is 70.3 cm³/mol. The van der Waals surface area contributed by atoms with E-state index in [1.54, 1.807) is 0 Å². The van der Waals surface area contributed by atoms with Crippen LogP contribution in [0, 0.1) is 0 Å². The minimum atomic E-state index is -0.142. The van der Waals surface area contributed by atoms with Crippen LogP contribution in [0.3, 0.4) is 0 Å². The quantitative estimate of drug-likeness (QED) is 0.786. The molecule has 0 N–H and O–H groups in total. The molecule has 3 heteroatoms. The third-order valence-electron chi connectivity index (χ3n) is 3.63. The Kier molecular flexibility index (Phi) is 2.84. The van der Waals surface area contributed by atoms with Gasteiger partial charge in [0.1, 0.15) is 5.75 Å². The molecule has 0 bridgehead atoms. The predicted octanol–water partition coefficient (Wildman–Crippen LogP) is 2.39. The molecule has 96 valence electrons. The molecule has 0 radical (unpaired) electrons. The van der Waals surface area contributed by atoms with Crippen LogP contribution in [-0.4, -0.2) is 11.8 Å². The Labute approximate surface area is 108 Å². The van der Waals surface area contributed by atoms with Gasteiger partial charge in [-0.2, -0.15) is 0 Å². The van der Waals surface area contributed by atoms with E-state index in [-0.39, 0.29) is 11.8 Å². The summed E-state index contributed by atoms with van der Waals surface area (Å²) in [6.45, 7) is 4.08. The fourth-order valence-corrected chi connectivity index (χ4v) is 2.85. The maximum atomic E-state index is 5.71. The minimum absolute atomic E-state index is 0.142. The van der Waals surface area contributed by atoms with Crippen molar-refractivity contribution >= 4 is 0 Å². The van der Waals surface area contributed by atoms with E-state index in [1.807, 2.05) is 32.0 Å². The summed E-state index contributed by atoms with van der Waals surface area (Å²) in [4.78, 5) is 9.70. The molecule has 1 heterocycles. The highest BCUT2D eigenvalue weighted by Gasteiger charge is 2.32. The van der Waals surface area contributed by atoms with E-state index in [2.05, 4.69) is 0 Å². The lowest BCUT2D eigenvalue weighted by molar-refractivity contribution is 0.242. The second kappa shape index (κ2) is 4.38. The lowest BCUT2D eigenvalue weighted by atomic mass is 9.90. The Balaban J connectivity index is 1.96. The van der Waals surface area contributed by atoms with Crippen molar-refractivity contribution in [3.05, 3.63) is 28.9 Å². The average Bonchev–Trinajstić information content (AvgIpc) is 2.66. The fraction of sp³-hybridized carbons (Fsp3) is 0.600. The molecule has 2 aliphatic rings. The van der Waals surface area contributed by atoms with Crippen molar-refractivity contribution in [2.45, 2.75) is 57.7 Å². The van der Waals surface area contributed by atoms with Crippen LogP contribution in [-0.2, 0) is 0 Å². The number of hydrogen-bond acceptors (Lipinski definition) is 3. The van der Waals surface area contributed by atoms with Gasteiger partial charge in [-0.1, -0.05) is 6.42 Å². The summed E-state index contributed by atoms with van der Waals surface area (Å²) in [6.07, 6.45) is 6.21. The molecule has 0 aromatic heterocycles. The lowest BCUT2D eigenvalue weighted by Gasteiger charge is -2.27. The Morgan fingerprint density at radius 2 is 1.78 bits per heavy atom. The van der Waals surface area contributed by atoms with E-state index in [0.717, 1.165) is 29.3 Å². The summed E-state index contributed by atoms with van der Waals surface area (Å²) in [7, 11) is 0. The Bertz CT molecular complexity index is 556. The van der Waals surface area contributed by atoms with Gasteiger partial charge in [0.2, 0.25) is 0 Å². The Morgan fingerprint density at radius 1 is 1.06 bits per heavy atom. The van der Waals surface area contributed by atoms with Crippen molar-refractivity contribution in [2.75, 3.05) is 0 Å². The van der Waals surface area contributed by atoms with Crippen LogP contribution in [0.25, 0.3) is 0 Å². The highest BCUT2D eigenvalue weighted by atomic mass is 16.5. The Morgan fingerprint density at radius 3 is 2.50 bits per heavy atom. The number of ether oxygens (including phenoxy) is 1. The van der Waals surface area contributed by atoms with Crippen molar-refractivity contribution in [1.82, 2.24) is 0 Å². The molecule has 1 spiro atoms. The molecule has 0 unspecified atom stereocenters. The summed E-state index contributed by atoms with van der Waals surface area (Å²) in [6, 6.07) is 6.07. The van der Waals surface area contributed by atoms with Crippen LogP contribution < -0.4 is 15.5 Å². The van der Waals surface area contributed by atoms with Crippen LogP contribution in [0.4, 0.5) is 0 Å². The first-order valence-electron chi connectivity index (χ1n) is 6.93. The number of nitrogens with zero attached hydrogens (tertiary/aromatic N) is 2. The van der Waals surface area contributed by atoms with Crippen LogP contribution in [0.1, 0.15) is 46.0 Å². The normalized spacial score (nSPS) is 20.4. The first-order chi connectivity index (χ1) is 8.67. The fourth-order valence-electron chi connectivity index (χ4n) is 2.85. The first kappa shape index (κ1) is 11.7. The number of benzene rings is 1. The summed E-state index contributed by atoms with van der Waals surface area (Å²) in [5.74, 6) is 0.899. The van der Waals surface area contributed by atoms with Gasteiger partial charge < -0.3 is 4.74 Å². The van der Waals surface area contributed by atoms with Crippen LogP contribution >= 0.6 is 0 Å². The maximum Gasteiger partial charge on any atom is 0.151 e. The molecule has 1 saturated carbocycles. The topological polar surface area (TPSA) is 34.0 Å². The van der Waals surface area contributed by atoms with Crippen molar-refractivity contribution in [3.63, 3.8) is 0 Å². The summed E-state index contributed by atoms with van der Waals surface area (Å²) >= 11 is 0. The third kappa shape index (κ3) is 2.14.